The van der Waals surface area contributed by atoms with Crippen LogP contribution in [0.25, 0.3) is 0 Å². The summed E-state index contributed by atoms with van der Waals surface area (Å²) in [6.07, 6.45) is -39.4. The second-order valence-electron chi connectivity index (χ2n) is 13.3. The van der Waals surface area contributed by atoms with Gasteiger partial charge in [-0.2, -0.15) is 0 Å². The lowest BCUT2D eigenvalue weighted by Gasteiger charge is -2.51. The Labute approximate surface area is 309 Å². The molecule has 17 N–H and O–H groups in total. The minimum absolute atomic E-state index is 0.896. The van der Waals surface area contributed by atoms with Crippen LogP contribution in [-0.2, 0) is 42.7 Å². The Morgan fingerprint density at radius 1 is 0.691 bits per heavy atom. The first-order valence-corrected chi connectivity index (χ1v) is 16.9. The number of carboxylic acid groups (broad SMARTS) is 1. The summed E-state index contributed by atoms with van der Waals surface area (Å²) < 4.78 is 38.1. The minimum atomic E-state index is -3.18. The van der Waals surface area contributed by atoms with E-state index >= 15 is 0 Å². The highest BCUT2D eigenvalue weighted by Crippen LogP contribution is 2.38. The van der Waals surface area contributed by atoms with Crippen LogP contribution in [0, 0.1) is 0 Å². The number of nitrogens with one attached hydrogen (secondary N) is 1. The summed E-state index contributed by atoms with van der Waals surface area (Å²) in [7, 11) is 0. The summed E-state index contributed by atoms with van der Waals surface area (Å²) in [4.78, 5) is 24.7. The molecule has 0 aromatic carbocycles. The zero-order valence-corrected chi connectivity index (χ0v) is 28.6. The highest BCUT2D eigenvalue weighted by molar-refractivity contribution is 5.78. The second kappa shape index (κ2) is 19.2. The van der Waals surface area contributed by atoms with Crippen molar-refractivity contribution in [2.24, 2.45) is 0 Å². The number of aliphatic hydroxyl groups excluding tert-OH is 15. The third-order valence-corrected chi connectivity index (χ3v) is 9.68. The van der Waals surface area contributed by atoms with Gasteiger partial charge >= 0.3 is 5.97 Å². The zero-order chi connectivity index (χ0) is 41.1. The molecule has 1 amide bonds. The van der Waals surface area contributed by atoms with Gasteiger partial charge in [0, 0.05) is 6.42 Å². The van der Waals surface area contributed by atoms with Crippen molar-refractivity contribution < 1.29 is 124 Å². The van der Waals surface area contributed by atoms with E-state index in [4.69, 9.17) is 33.2 Å². The van der Waals surface area contributed by atoms with Gasteiger partial charge in [-0.3, -0.25) is 4.79 Å². The van der Waals surface area contributed by atoms with Gasteiger partial charge in [-0.1, -0.05) is 0 Å². The molecule has 0 bridgehead atoms. The molecule has 4 saturated heterocycles. The summed E-state index contributed by atoms with van der Waals surface area (Å²) in [6.45, 7) is -5.25. The molecule has 55 heavy (non-hydrogen) atoms. The van der Waals surface area contributed by atoms with Crippen molar-refractivity contribution >= 4 is 11.9 Å². The topological polar surface area (TPSA) is 434 Å². The lowest BCUT2D eigenvalue weighted by Crippen LogP contribution is -2.71. The highest BCUT2D eigenvalue weighted by atomic mass is 16.8. The van der Waals surface area contributed by atoms with Gasteiger partial charge in [-0.25, -0.2) is 4.79 Å². The second-order valence-corrected chi connectivity index (χ2v) is 13.3. The molecule has 0 aromatic rings. The lowest BCUT2D eigenvalue weighted by atomic mass is 9.88. The Morgan fingerprint density at radius 3 is 1.73 bits per heavy atom. The number of aliphatic hydroxyl groups is 15. The molecule has 0 aliphatic carbocycles. The maximum atomic E-state index is 12.8. The third kappa shape index (κ3) is 9.52. The highest BCUT2D eigenvalue weighted by Gasteiger charge is 2.60. The number of rotatable bonds is 15. The Kier molecular flexibility index (Phi) is 16.0. The fraction of sp³-hybridized carbons (Fsp3) is 0.931. The van der Waals surface area contributed by atoms with Crippen molar-refractivity contribution in [2.75, 3.05) is 33.0 Å². The van der Waals surface area contributed by atoms with Crippen LogP contribution in [0.4, 0.5) is 0 Å². The van der Waals surface area contributed by atoms with Gasteiger partial charge < -0.3 is 120 Å². The molecule has 26 nitrogen and oxygen atoms in total. The van der Waals surface area contributed by atoms with Gasteiger partial charge in [0.2, 0.25) is 5.91 Å². The normalized spacial score (nSPS) is 46.5. The smallest absolute Gasteiger partial charge is 0.364 e. The van der Waals surface area contributed by atoms with E-state index in [2.05, 4.69) is 5.32 Å². The van der Waals surface area contributed by atoms with E-state index < -0.39 is 180 Å². The van der Waals surface area contributed by atoms with Gasteiger partial charge in [0.05, 0.1) is 38.6 Å². The van der Waals surface area contributed by atoms with E-state index in [0.29, 0.717) is 0 Å². The number of hydrogen-bond donors (Lipinski definition) is 17. The minimum Gasteiger partial charge on any atom is -0.477 e. The summed E-state index contributed by atoms with van der Waals surface area (Å²) in [5, 5.41) is 167. The molecule has 4 aliphatic heterocycles. The molecule has 4 rings (SSSR count). The first kappa shape index (κ1) is 45.8. The molecule has 4 heterocycles. The first-order valence-electron chi connectivity index (χ1n) is 16.9. The largest absolute Gasteiger partial charge is 0.477 e. The van der Waals surface area contributed by atoms with Crippen LogP contribution in [0.3, 0.4) is 0 Å². The molecular weight excluding hydrogens is 762 g/mol. The van der Waals surface area contributed by atoms with Crippen LogP contribution in [-0.4, -0.2) is 255 Å². The third-order valence-electron chi connectivity index (χ3n) is 9.68. The van der Waals surface area contributed by atoms with Crippen molar-refractivity contribution in [1.29, 1.82) is 0 Å². The van der Waals surface area contributed by atoms with Crippen molar-refractivity contribution in [1.82, 2.24) is 5.32 Å². The average molecular weight is 812 g/mol. The molecule has 0 spiro atoms. The van der Waals surface area contributed by atoms with E-state index in [0.717, 1.165) is 0 Å². The average Bonchev–Trinajstić information content (AvgIpc) is 3.16. The summed E-state index contributed by atoms with van der Waals surface area (Å²) in [6, 6.07) is -1.76. The predicted octanol–water partition coefficient (Wildman–Crippen LogP) is -11.4. The summed E-state index contributed by atoms with van der Waals surface area (Å²) >= 11 is 0. The Morgan fingerprint density at radius 2 is 1.22 bits per heavy atom. The van der Waals surface area contributed by atoms with Crippen molar-refractivity contribution in [2.45, 2.75) is 135 Å². The van der Waals surface area contributed by atoms with Crippen LogP contribution >= 0.6 is 0 Å². The molecule has 4 aliphatic rings. The molecule has 4 fully saturated rings. The van der Waals surface area contributed by atoms with Crippen LogP contribution in [0.2, 0.25) is 0 Å². The molecule has 0 radical (unpaired) electrons. The van der Waals surface area contributed by atoms with Gasteiger partial charge in [-0.05, 0) is 0 Å². The molecule has 0 saturated carbocycles. The van der Waals surface area contributed by atoms with Crippen molar-refractivity contribution in [3.63, 3.8) is 0 Å². The van der Waals surface area contributed by atoms with E-state index in [-0.39, 0.29) is 0 Å². The van der Waals surface area contributed by atoms with Crippen LogP contribution < -0.4 is 5.32 Å². The van der Waals surface area contributed by atoms with Crippen LogP contribution in [0.5, 0.6) is 0 Å². The number of ether oxygens (including phenoxy) is 7. The Hall–Kier alpha value is -1.94. The van der Waals surface area contributed by atoms with E-state index in [1.165, 1.54) is 0 Å². The van der Waals surface area contributed by atoms with Gasteiger partial charge in [-0.15, -0.1) is 0 Å². The number of carbonyl (C=O) groups excluding carboxylic acids is 1. The van der Waals surface area contributed by atoms with E-state index in [1.807, 2.05) is 0 Å². The van der Waals surface area contributed by atoms with Crippen LogP contribution in [0.1, 0.15) is 6.42 Å². The first-order chi connectivity index (χ1) is 25.9. The number of aliphatic carboxylic acids is 1. The Balaban J connectivity index is 1.62. The van der Waals surface area contributed by atoms with Crippen molar-refractivity contribution in [3.8, 4) is 0 Å². The number of amides is 1. The molecule has 1 unspecified atom stereocenters. The monoisotopic (exact) mass is 811 g/mol. The van der Waals surface area contributed by atoms with E-state index in [1.54, 1.807) is 0 Å². The maximum Gasteiger partial charge on any atom is 0.364 e. The maximum absolute atomic E-state index is 12.8. The van der Waals surface area contributed by atoms with Gasteiger partial charge in [0.1, 0.15) is 98.2 Å². The SMILES string of the molecule is O=C(CO)N[C@H]1[C@H]([C@H](O)[C@H](O)CO)O[C@@](O[C@H]2[C@@H](O)[C@@H](CO)O[C@@H](O[C@H]3[C@@H](O)[C@@H](CO)O[C@@H](O[C@H]4[C@H](O)[C@@H](O)C(O)O[C@@H]4CO)[C@@H]3O)[C@@H]2O)(C(=O)O)C[C@@H]1O. The fourth-order valence-electron chi connectivity index (χ4n) is 6.64. The van der Waals surface area contributed by atoms with Crippen LogP contribution in [0.15, 0.2) is 0 Å². The molecule has 21 atom stereocenters. The molecule has 26 heteroatoms. The number of carbonyl (C=O) groups is 2. The standard InChI is InChI=1S/C29H49NO25/c31-2-8(37)14(39)22-13(30-12(38)6-35)7(36)1-29(54-22,28(47)48)55-24-16(41)10(4-33)51-27(20(24)45)53-23-15(40)9(3-32)50-26(19(23)44)52-21-11(5-34)49-25(46)18(43)17(21)42/h7-11,13-27,31-37,39-46H,1-6H2,(H,30,38)(H,47,48)/t7-,8+,9+,10+,11+,13+,14+,15-,16-,17+,18+,19+,20+,21+,22+,23-,24-,25?,26-,27-,29-/m0/s1. The Bertz CT molecular complexity index is 1250. The lowest BCUT2D eigenvalue weighted by molar-refractivity contribution is -0.393. The number of hydrogen-bond acceptors (Lipinski definition) is 24. The molecule has 0 aromatic heterocycles. The van der Waals surface area contributed by atoms with Gasteiger partial charge in [0.25, 0.3) is 5.79 Å². The van der Waals surface area contributed by atoms with Crippen molar-refractivity contribution in [3.05, 3.63) is 0 Å². The number of carboxylic acids is 1. The summed E-state index contributed by atoms with van der Waals surface area (Å²) in [5.74, 6) is -6.40. The van der Waals surface area contributed by atoms with Gasteiger partial charge in [0.15, 0.2) is 18.9 Å². The predicted molar refractivity (Wildman–Crippen MR) is 164 cm³/mol. The van der Waals surface area contributed by atoms with E-state index in [9.17, 15) is 91.3 Å². The molecular formula is C29H49NO25. The molecule has 320 valence electrons. The summed E-state index contributed by atoms with van der Waals surface area (Å²) in [5.41, 5.74) is 0. The fourth-order valence-corrected chi connectivity index (χ4v) is 6.64. The quantitative estimate of drug-likeness (QED) is 0.0730. The zero-order valence-electron chi connectivity index (χ0n) is 28.6.